The molecule has 0 bridgehead atoms. The van der Waals surface area contributed by atoms with Gasteiger partial charge in [0, 0.05) is 39.7 Å². The molecule has 0 radical (unpaired) electrons. The minimum Gasteiger partial charge on any atom is -0.459 e. The van der Waals surface area contributed by atoms with Gasteiger partial charge < -0.3 is 18.9 Å². The van der Waals surface area contributed by atoms with Gasteiger partial charge in [-0.25, -0.2) is 4.79 Å². The summed E-state index contributed by atoms with van der Waals surface area (Å²) in [6.45, 7) is 5.31. The van der Waals surface area contributed by atoms with Gasteiger partial charge in [-0.1, -0.05) is 6.08 Å². The van der Waals surface area contributed by atoms with Crippen molar-refractivity contribution in [1.29, 1.82) is 0 Å². The van der Waals surface area contributed by atoms with Crippen molar-refractivity contribution in [2.24, 2.45) is 0 Å². The van der Waals surface area contributed by atoms with E-state index in [0.717, 1.165) is 0 Å². The molecule has 26 heavy (non-hydrogen) atoms. The Morgan fingerprint density at radius 3 is 2.31 bits per heavy atom. The van der Waals surface area contributed by atoms with Crippen LogP contribution in [0.25, 0.3) is 0 Å². The van der Waals surface area contributed by atoms with Gasteiger partial charge in [0.1, 0.15) is 24.4 Å². The summed E-state index contributed by atoms with van der Waals surface area (Å²) in [6, 6.07) is 0. The zero-order chi connectivity index (χ0) is 19.7. The maximum absolute atomic E-state index is 11.4. The number of ether oxygens (including phenoxy) is 4. The average molecular weight is 368 g/mol. The molecule has 144 valence electrons. The van der Waals surface area contributed by atoms with E-state index in [4.69, 9.17) is 18.9 Å². The fourth-order valence-corrected chi connectivity index (χ4v) is 2.40. The first kappa shape index (κ1) is 21.4. The smallest absolute Gasteiger partial charge is 0.331 e. The molecule has 8 nitrogen and oxygen atoms in total. The summed E-state index contributed by atoms with van der Waals surface area (Å²) >= 11 is 0. The van der Waals surface area contributed by atoms with Crippen LogP contribution >= 0.6 is 0 Å². The number of carbonyl (C=O) groups is 4. The van der Waals surface area contributed by atoms with Gasteiger partial charge in [0.15, 0.2) is 0 Å². The molecule has 0 aromatic rings. The van der Waals surface area contributed by atoms with Crippen LogP contribution in [0.4, 0.5) is 0 Å². The molecule has 0 spiro atoms. The Morgan fingerprint density at radius 1 is 1.15 bits per heavy atom. The Bertz CT molecular complexity index is 592. The minimum atomic E-state index is -0.806. The highest BCUT2D eigenvalue weighted by Gasteiger charge is 2.27. The lowest BCUT2D eigenvalue weighted by Gasteiger charge is -2.26. The Morgan fingerprint density at radius 2 is 1.77 bits per heavy atom. The molecular weight excluding hydrogens is 344 g/mol. The van der Waals surface area contributed by atoms with Crippen LogP contribution in [0.15, 0.2) is 24.3 Å². The average Bonchev–Trinajstić information content (AvgIpc) is 2.50. The van der Waals surface area contributed by atoms with Crippen LogP contribution < -0.4 is 0 Å². The highest BCUT2D eigenvalue weighted by Crippen LogP contribution is 2.17. The molecule has 8 heteroatoms. The number of cyclic esters (lactones) is 1. The lowest BCUT2D eigenvalue weighted by molar-refractivity contribution is -0.167. The van der Waals surface area contributed by atoms with E-state index in [9.17, 15) is 19.2 Å². The first-order valence-corrected chi connectivity index (χ1v) is 8.24. The van der Waals surface area contributed by atoms with Gasteiger partial charge >= 0.3 is 23.9 Å². The summed E-state index contributed by atoms with van der Waals surface area (Å²) in [5.41, 5.74) is 0. The number of hydrogen-bond donors (Lipinski definition) is 0. The highest BCUT2D eigenvalue weighted by atomic mass is 16.6. The third kappa shape index (κ3) is 8.46. The summed E-state index contributed by atoms with van der Waals surface area (Å²) in [7, 11) is 0. The SMILES string of the molecule is CC(=O)O[C@H](/C=C\[C@@H]1CC=CC(=O)O1)C[C@@H](OC(C)=O)[C@H](C)OC(C)=O. The fraction of sp³-hybridized carbons (Fsp3) is 0.556. The van der Waals surface area contributed by atoms with E-state index in [0.29, 0.717) is 6.42 Å². The van der Waals surface area contributed by atoms with Crippen LogP contribution in [0, 0.1) is 0 Å². The molecule has 0 amide bonds. The van der Waals surface area contributed by atoms with Gasteiger partial charge in [-0.3, -0.25) is 14.4 Å². The second-order valence-electron chi connectivity index (χ2n) is 5.84. The van der Waals surface area contributed by atoms with E-state index >= 15 is 0 Å². The standard InChI is InChI=1S/C18H24O8/c1-11(23-12(2)19)17(25-14(4)21)10-16(24-13(3)20)9-8-15-6-5-7-18(22)26-15/h5,7-9,11,15-17H,6,10H2,1-4H3/b9-8-/t11-,15-,16+,17+/m0/s1. The Kier molecular flexibility index (Phi) is 8.54. The Hall–Kier alpha value is -2.64. The van der Waals surface area contributed by atoms with E-state index in [-0.39, 0.29) is 6.42 Å². The van der Waals surface area contributed by atoms with E-state index in [1.54, 1.807) is 25.2 Å². The molecule has 0 saturated heterocycles. The summed E-state index contributed by atoms with van der Waals surface area (Å²) in [5.74, 6) is -2.04. The number of rotatable bonds is 8. The van der Waals surface area contributed by atoms with Gasteiger partial charge in [-0.15, -0.1) is 0 Å². The number of hydrogen-bond acceptors (Lipinski definition) is 8. The zero-order valence-electron chi connectivity index (χ0n) is 15.3. The molecule has 0 aromatic carbocycles. The maximum atomic E-state index is 11.4. The van der Waals surface area contributed by atoms with E-state index in [1.165, 1.54) is 26.8 Å². The lowest BCUT2D eigenvalue weighted by Crippen LogP contribution is -2.36. The third-order valence-electron chi connectivity index (χ3n) is 3.40. The van der Waals surface area contributed by atoms with Gasteiger partial charge in [0.05, 0.1) is 0 Å². The quantitative estimate of drug-likeness (QED) is 0.361. The largest absolute Gasteiger partial charge is 0.459 e. The fourth-order valence-electron chi connectivity index (χ4n) is 2.40. The molecule has 0 saturated carbocycles. The van der Waals surface area contributed by atoms with Crippen molar-refractivity contribution < 1.29 is 38.1 Å². The molecule has 0 fully saturated rings. The van der Waals surface area contributed by atoms with Crippen molar-refractivity contribution >= 4 is 23.9 Å². The van der Waals surface area contributed by atoms with Crippen LogP contribution in [-0.2, 0) is 38.1 Å². The van der Waals surface area contributed by atoms with Crippen LogP contribution in [0.5, 0.6) is 0 Å². The normalized spacial score (nSPS) is 20.0. The first-order valence-electron chi connectivity index (χ1n) is 8.24. The number of esters is 4. The first-order chi connectivity index (χ1) is 12.2. The van der Waals surface area contributed by atoms with Crippen molar-refractivity contribution in [3.8, 4) is 0 Å². The van der Waals surface area contributed by atoms with Crippen molar-refractivity contribution in [3.05, 3.63) is 24.3 Å². The summed E-state index contributed by atoms with van der Waals surface area (Å²) in [4.78, 5) is 45.1. The molecular formula is C18H24O8. The second-order valence-corrected chi connectivity index (χ2v) is 5.84. The van der Waals surface area contributed by atoms with Crippen LogP contribution in [-0.4, -0.2) is 48.3 Å². The highest BCUT2D eigenvalue weighted by molar-refractivity contribution is 5.82. The monoisotopic (exact) mass is 368 g/mol. The van der Waals surface area contributed by atoms with Crippen molar-refractivity contribution in [2.45, 2.75) is 65.0 Å². The van der Waals surface area contributed by atoms with E-state index in [2.05, 4.69) is 0 Å². The van der Waals surface area contributed by atoms with Crippen LogP contribution in [0.1, 0.15) is 40.5 Å². The molecule has 0 N–H and O–H groups in total. The molecule has 1 heterocycles. The number of carbonyl (C=O) groups excluding carboxylic acids is 4. The lowest BCUT2D eigenvalue weighted by atomic mass is 10.1. The molecule has 4 atom stereocenters. The second kappa shape index (κ2) is 10.4. The van der Waals surface area contributed by atoms with Crippen LogP contribution in [0.2, 0.25) is 0 Å². The molecule has 0 aliphatic carbocycles. The Labute approximate surface area is 152 Å². The van der Waals surface area contributed by atoms with Crippen molar-refractivity contribution in [3.63, 3.8) is 0 Å². The summed E-state index contributed by atoms with van der Waals surface area (Å²) in [6.07, 6.45) is 4.04. The predicted molar refractivity (Wildman–Crippen MR) is 89.7 cm³/mol. The molecule has 1 aliphatic rings. The van der Waals surface area contributed by atoms with Gasteiger partial charge in [0.25, 0.3) is 0 Å². The summed E-state index contributed by atoms with van der Waals surface area (Å²) in [5, 5.41) is 0. The van der Waals surface area contributed by atoms with Crippen molar-refractivity contribution in [2.75, 3.05) is 0 Å². The molecule has 1 aliphatic heterocycles. The minimum absolute atomic E-state index is 0.0839. The predicted octanol–water partition coefficient (Wildman–Crippen LogP) is 1.62. The van der Waals surface area contributed by atoms with Crippen molar-refractivity contribution in [1.82, 2.24) is 0 Å². The molecule has 1 rings (SSSR count). The van der Waals surface area contributed by atoms with Gasteiger partial charge in [-0.05, 0) is 19.1 Å². The Balaban J connectivity index is 2.84. The molecule has 0 unspecified atom stereocenters. The molecule has 0 aromatic heterocycles. The van der Waals surface area contributed by atoms with Gasteiger partial charge in [-0.2, -0.15) is 0 Å². The van der Waals surface area contributed by atoms with Crippen LogP contribution in [0.3, 0.4) is 0 Å². The summed E-state index contributed by atoms with van der Waals surface area (Å²) < 4.78 is 20.6. The maximum Gasteiger partial charge on any atom is 0.331 e. The van der Waals surface area contributed by atoms with E-state index in [1.807, 2.05) is 0 Å². The zero-order valence-corrected chi connectivity index (χ0v) is 15.3. The van der Waals surface area contributed by atoms with E-state index < -0.39 is 48.3 Å². The van der Waals surface area contributed by atoms with Gasteiger partial charge in [0.2, 0.25) is 0 Å². The third-order valence-corrected chi connectivity index (χ3v) is 3.40. The topological polar surface area (TPSA) is 105 Å².